The average Bonchev–Trinajstić information content (AvgIpc) is 2.16. The predicted molar refractivity (Wildman–Crippen MR) is 50.3 cm³/mol. The van der Waals surface area contributed by atoms with E-state index in [0.29, 0.717) is 0 Å². The van der Waals surface area contributed by atoms with Gasteiger partial charge in [0.25, 0.3) is 6.43 Å². The van der Waals surface area contributed by atoms with Gasteiger partial charge in [-0.1, -0.05) is 11.6 Å². The van der Waals surface area contributed by atoms with Crippen LogP contribution in [0.25, 0.3) is 0 Å². The predicted octanol–water partition coefficient (Wildman–Crippen LogP) is 3.42. The van der Waals surface area contributed by atoms with Crippen molar-refractivity contribution in [3.63, 3.8) is 0 Å². The number of nitrogens with zero attached hydrogens (tertiary/aromatic N) is 1. The van der Waals surface area contributed by atoms with Crippen LogP contribution in [-0.4, -0.2) is 12.1 Å². The van der Waals surface area contributed by atoms with E-state index in [1.165, 1.54) is 7.11 Å². The van der Waals surface area contributed by atoms with Crippen molar-refractivity contribution in [2.24, 2.45) is 0 Å². The molecule has 0 fully saturated rings. The van der Waals surface area contributed by atoms with Crippen molar-refractivity contribution in [3.8, 4) is 5.88 Å². The van der Waals surface area contributed by atoms with Crippen LogP contribution in [0.2, 0.25) is 5.02 Å². The summed E-state index contributed by atoms with van der Waals surface area (Å²) in [6, 6.07) is 0. The van der Waals surface area contributed by atoms with E-state index in [0.717, 1.165) is 6.20 Å². The second-order valence-electron chi connectivity index (χ2n) is 2.45. The van der Waals surface area contributed by atoms with Crippen molar-refractivity contribution in [1.29, 1.82) is 0 Å². The maximum Gasteiger partial charge on any atom is 0.266 e. The molecule has 1 rings (SSSR count). The van der Waals surface area contributed by atoms with Gasteiger partial charge in [0, 0.05) is 11.8 Å². The molecule has 0 N–H and O–H groups in total. The molecule has 14 heavy (non-hydrogen) atoms. The lowest BCUT2D eigenvalue weighted by atomic mass is 10.2. The number of methoxy groups -OCH3 is 1. The number of rotatable bonds is 3. The van der Waals surface area contributed by atoms with Crippen molar-refractivity contribution >= 4 is 23.2 Å². The fourth-order valence-electron chi connectivity index (χ4n) is 0.975. The lowest BCUT2D eigenvalue weighted by molar-refractivity contribution is 0.151. The highest BCUT2D eigenvalue weighted by Gasteiger charge is 2.18. The highest BCUT2D eigenvalue weighted by molar-refractivity contribution is 6.33. The summed E-state index contributed by atoms with van der Waals surface area (Å²) in [5.41, 5.74) is -0.0447. The van der Waals surface area contributed by atoms with E-state index >= 15 is 0 Å². The third-order valence-electron chi connectivity index (χ3n) is 1.66. The molecule has 1 aromatic heterocycles. The lowest BCUT2D eigenvalue weighted by Gasteiger charge is -2.09. The van der Waals surface area contributed by atoms with Gasteiger partial charge in [0.1, 0.15) is 0 Å². The molecule has 0 aliphatic heterocycles. The van der Waals surface area contributed by atoms with Crippen molar-refractivity contribution in [2.45, 2.75) is 12.3 Å². The Morgan fingerprint density at radius 3 is 2.64 bits per heavy atom. The van der Waals surface area contributed by atoms with Gasteiger partial charge in [-0.25, -0.2) is 13.8 Å². The maximum atomic E-state index is 12.4. The lowest BCUT2D eigenvalue weighted by Crippen LogP contribution is -1.98. The molecule has 0 bridgehead atoms. The van der Waals surface area contributed by atoms with Crippen LogP contribution < -0.4 is 4.74 Å². The van der Waals surface area contributed by atoms with Crippen LogP contribution in [-0.2, 0) is 5.88 Å². The summed E-state index contributed by atoms with van der Waals surface area (Å²) in [5.74, 6) is 0.157. The fourth-order valence-corrected chi connectivity index (χ4v) is 1.57. The van der Waals surface area contributed by atoms with Gasteiger partial charge in [0.2, 0.25) is 5.88 Å². The van der Waals surface area contributed by atoms with Gasteiger partial charge in [-0.15, -0.1) is 11.6 Å². The second-order valence-corrected chi connectivity index (χ2v) is 3.09. The second kappa shape index (κ2) is 4.75. The van der Waals surface area contributed by atoms with Crippen LogP contribution in [0.4, 0.5) is 8.78 Å². The van der Waals surface area contributed by atoms with Gasteiger partial charge in [0.05, 0.1) is 23.6 Å². The summed E-state index contributed by atoms with van der Waals surface area (Å²) >= 11 is 11.2. The normalized spacial score (nSPS) is 10.7. The molecule has 0 aliphatic rings. The first-order valence-corrected chi connectivity index (χ1v) is 4.58. The Morgan fingerprint density at radius 1 is 1.57 bits per heavy atom. The van der Waals surface area contributed by atoms with E-state index in [9.17, 15) is 8.78 Å². The Kier molecular flexibility index (Phi) is 3.89. The zero-order valence-corrected chi connectivity index (χ0v) is 8.74. The number of aromatic nitrogens is 1. The van der Waals surface area contributed by atoms with Gasteiger partial charge in [-0.3, -0.25) is 0 Å². The van der Waals surface area contributed by atoms with Gasteiger partial charge < -0.3 is 4.74 Å². The molecule has 0 amide bonds. The quantitative estimate of drug-likeness (QED) is 0.757. The molecule has 0 saturated carbocycles. The summed E-state index contributed by atoms with van der Waals surface area (Å²) in [6.07, 6.45) is -1.68. The summed E-state index contributed by atoms with van der Waals surface area (Å²) in [6.45, 7) is 0. The average molecular weight is 242 g/mol. The van der Waals surface area contributed by atoms with Gasteiger partial charge >= 0.3 is 0 Å². The monoisotopic (exact) mass is 241 g/mol. The Morgan fingerprint density at radius 2 is 2.21 bits per heavy atom. The van der Waals surface area contributed by atoms with Gasteiger partial charge in [-0.2, -0.15) is 0 Å². The molecule has 6 heteroatoms. The molecule has 1 aromatic rings. The van der Waals surface area contributed by atoms with E-state index in [-0.39, 0.29) is 27.9 Å². The van der Waals surface area contributed by atoms with Crippen LogP contribution in [0.1, 0.15) is 17.6 Å². The minimum Gasteiger partial charge on any atom is -0.481 e. The van der Waals surface area contributed by atoms with Crippen molar-refractivity contribution in [2.75, 3.05) is 7.11 Å². The molecular formula is C8H7Cl2F2NO. The Hall–Kier alpha value is -0.610. The molecule has 78 valence electrons. The largest absolute Gasteiger partial charge is 0.481 e. The fraction of sp³-hybridized carbons (Fsp3) is 0.375. The zero-order chi connectivity index (χ0) is 10.7. The maximum absolute atomic E-state index is 12.4. The van der Waals surface area contributed by atoms with Crippen LogP contribution >= 0.6 is 23.2 Å². The summed E-state index contributed by atoms with van der Waals surface area (Å²) in [4.78, 5) is 3.68. The molecule has 0 spiro atoms. The number of ether oxygens (including phenoxy) is 1. The smallest absolute Gasteiger partial charge is 0.266 e. The van der Waals surface area contributed by atoms with E-state index in [4.69, 9.17) is 27.9 Å². The molecule has 0 saturated heterocycles. The molecule has 0 aliphatic carbocycles. The zero-order valence-electron chi connectivity index (χ0n) is 7.23. The van der Waals surface area contributed by atoms with E-state index < -0.39 is 6.43 Å². The summed E-state index contributed by atoms with van der Waals surface area (Å²) in [5, 5.41) is -0.0816. The molecule has 0 aromatic carbocycles. The summed E-state index contributed by atoms with van der Waals surface area (Å²) in [7, 11) is 1.37. The third kappa shape index (κ3) is 2.07. The Balaban J connectivity index is 3.27. The topological polar surface area (TPSA) is 22.1 Å². The van der Waals surface area contributed by atoms with Crippen molar-refractivity contribution in [1.82, 2.24) is 4.98 Å². The van der Waals surface area contributed by atoms with Gasteiger partial charge in [-0.05, 0) is 0 Å². The molecular weight excluding hydrogens is 235 g/mol. The van der Waals surface area contributed by atoms with E-state index in [1.54, 1.807) is 0 Å². The number of halogens is 4. The molecule has 2 nitrogen and oxygen atoms in total. The SMILES string of the molecule is COc1ncc(C(F)F)c(Cl)c1CCl. The van der Waals surface area contributed by atoms with Crippen LogP contribution in [0.5, 0.6) is 5.88 Å². The van der Waals surface area contributed by atoms with Crippen molar-refractivity contribution in [3.05, 3.63) is 22.3 Å². The highest BCUT2D eigenvalue weighted by Crippen LogP contribution is 2.34. The van der Waals surface area contributed by atoms with Crippen LogP contribution in [0.3, 0.4) is 0 Å². The first-order valence-electron chi connectivity index (χ1n) is 3.67. The van der Waals surface area contributed by atoms with E-state index in [2.05, 4.69) is 4.98 Å². The first-order chi connectivity index (χ1) is 6.61. The molecule has 0 unspecified atom stereocenters. The minimum atomic E-state index is -2.66. The van der Waals surface area contributed by atoms with Gasteiger partial charge in [0.15, 0.2) is 0 Å². The number of pyridine rings is 1. The minimum absolute atomic E-state index is 0.0183. The van der Waals surface area contributed by atoms with Crippen LogP contribution in [0.15, 0.2) is 6.20 Å². The van der Waals surface area contributed by atoms with Crippen molar-refractivity contribution < 1.29 is 13.5 Å². The number of alkyl halides is 3. The standard InChI is InChI=1S/C8H7Cl2F2NO/c1-14-8-4(2-9)6(10)5(3-13-8)7(11)12/h3,7H,2H2,1H3. The number of hydrogen-bond donors (Lipinski definition) is 0. The summed E-state index contributed by atoms with van der Waals surface area (Å²) < 4.78 is 29.6. The molecule has 0 radical (unpaired) electrons. The molecule has 1 heterocycles. The Labute approximate surface area is 89.8 Å². The first kappa shape index (κ1) is 11.5. The number of hydrogen-bond acceptors (Lipinski definition) is 2. The third-order valence-corrected chi connectivity index (χ3v) is 2.37. The molecule has 0 atom stereocenters. The van der Waals surface area contributed by atoms with Crippen LogP contribution in [0, 0.1) is 0 Å². The highest BCUT2D eigenvalue weighted by atomic mass is 35.5. The Bertz CT molecular complexity index is 333. The van der Waals surface area contributed by atoms with E-state index in [1.807, 2.05) is 0 Å².